The van der Waals surface area contributed by atoms with Crippen molar-refractivity contribution >= 4 is 17.6 Å². The first-order valence-electron chi connectivity index (χ1n) is 9.12. The Morgan fingerprint density at radius 2 is 1.70 bits per heavy atom. The standard InChI is InChI=1S/C23H20FNO5/c1-28-21-7-3-6-19(13-21)25-22(26)15-29-20-10-8-17(9-11-20)23(27)30-14-16-4-2-5-18(24)12-16/h2-13H,14-15H2,1H3,(H,25,26). The highest BCUT2D eigenvalue weighted by Gasteiger charge is 2.09. The van der Waals surface area contributed by atoms with Crippen LogP contribution in [0.3, 0.4) is 0 Å². The van der Waals surface area contributed by atoms with Crippen LogP contribution in [-0.2, 0) is 16.1 Å². The first kappa shape index (κ1) is 20.9. The second-order valence-electron chi connectivity index (χ2n) is 6.30. The number of halogens is 1. The molecule has 0 unspecified atom stereocenters. The van der Waals surface area contributed by atoms with Crippen LogP contribution in [0.1, 0.15) is 15.9 Å². The topological polar surface area (TPSA) is 73.9 Å². The van der Waals surface area contributed by atoms with Crippen molar-refractivity contribution in [1.29, 1.82) is 0 Å². The van der Waals surface area contributed by atoms with E-state index < -0.39 is 5.97 Å². The van der Waals surface area contributed by atoms with E-state index in [1.807, 2.05) is 0 Å². The minimum absolute atomic E-state index is 0.0285. The summed E-state index contributed by atoms with van der Waals surface area (Å²) in [5.74, 6) is -0.199. The van der Waals surface area contributed by atoms with Crippen molar-refractivity contribution in [3.8, 4) is 11.5 Å². The van der Waals surface area contributed by atoms with Gasteiger partial charge in [-0.1, -0.05) is 18.2 Å². The van der Waals surface area contributed by atoms with Gasteiger partial charge < -0.3 is 19.5 Å². The molecule has 3 rings (SSSR count). The maximum atomic E-state index is 13.2. The van der Waals surface area contributed by atoms with E-state index in [0.717, 1.165) is 0 Å². The molecule has 6 nitrogen and oxygen atoms in total. The number of methoxy groups -OCH3 is 1. The lowest BCUT2D eigenvalue weighted by Crippen LogP contribution is -2.20. The molecular formula is C23H20FNO5. The summed E-state index contributed by atoms with van der Waals surface area (Å²) in [5, 5.41) is 2.71. The smallest absolute Gasteiger partial charge is 0.338 e. The third-order valence-electron chi connectivity index (χ3n) is 4.07. The molecule has 0 atom stereocenters. The van der Waals surface area contributed by atoms with E-state index in [9.17, 15) is 14.0 Å². The lowest BCUT2D eigenvalue weighted by molar-refractivity contribution is -0.118. The zero-order valence-corrected chi connectivity index (χ0v) is 16.3. The zero-order valence-electron chi connectivity index (χ0n) is 16.3. The Labute approximate surface area is 173 Å². The van der Waals surface area contributed by atoms with Gasteiger partial charge in [-0.05, 0) is 54.1 Å². The second kappa shape index (κ2) is 10.1. The van der Waals surface area contributed by atoms with Gasteiger partial charge in [0.1, 0.15) is 23.9 Å². The average molecular weight is 409 g/mol. The number of carbonyl (C=O) groups is 2. The van der Waals surface area contributed by atoms with Gasteiger partial charge in [-0.25, -0.2) is 9.18 Å². The Kier molecular flexibility index (Phi) is 7.00. The molecule has 0 aromatic heterocycles. The highest BCUT2D eigenvalue weighted by molar-refractivity contribution is 5.92. The molecule has 0 bridgehead atoms. The Balaban J connectivity index is 1.47. The summed E-state index contributed by atoms with van der Waals surface area (Å²) in [6.45, 7) is -0.222. The first-order valence-corrected chi connectivity index (χ1v) is 9.12. The summed E-state index contributed by atoms with van der Waals surface area (Å²) in [5.41, 5.74) is 1.48. The molecular weight excluding hydrogens is 389 g/mol. The minimum atomic E-state index is -0.540. The monoisotopic (exact) mass is 409 g/mol. The molecule has 1 N–H and O–H groups in total. The third-order valence-corrected chi connectivity index (χ3v) is 4.07. The third kappa shape index (κ3) is 6.07. The van der Waals surface area contributed by atoms with Crippen LogP contribution in [0.25, 0.3) is 0 Å². The fourth-order valence-corrected chi connectivity index (χ4v) is 2.59. The largest absolute Gasteiger partial charge is 0.497 e. The predicted octanol–water partition coefficient (Wildman–Crippen LogP) is 4.21. The molecule has 0 radical (unpaired) electrons. The quantitative estimate of drug-likeness (QED) is 0.564. The molecule has 0 heterocycles. The highest BCUT2D eigenvalue weighted by Crippen LogP contribution is 2.17. The fourth-order valence-electron chi connectivity index (χ4n) is 2.59. The number of esters is 1. The molecule has 0 saturated heterocycles. The lowest BCUT2D eigenvalue weighted by atomic mass is 10.2. The Bertz CT molecular complexity index is 1020. The Morgan fingerprint density at radius 1 is 0.933 bits per heavy atom. The number of anilines is 1. The number of carbonyl (C=O) groups excluding carboxylic acids is 2. The maximum absolute atomic E-state index is 13.2. The average Bonchev–Trinajstić information content (AvgIpc) is 2.76. The molecule has 1 amide bonds. The van der Waals surface area contributed by atoms with Crippen LogP contribution in [0.4, 0.5) is 10.1 Å². The number of rotatable bonds is 8. The number of benzene rings is 3. The van der Waals surface area contributed by atoms with Crippen LogP contribution in [0.15, 0.2) is 72.8 Å². The predicted molar refractivity (Wildman–Crippen MR) is 109 cm³/mol. The van der Waals surface area contributed by atoms with Gasteiger partial charge in [0, 0.05) is 11.8 Å². The zero-order chi connectivity index (χ0) is 21.3. The fraction of sp³-hybridized carbons (Fsp3) is 0.130. The Hall–Kier alpha value is -3.87. The molecule has 7 heteroatoms. The van der Waals surface area contributed by atoms with Crippen LogP contribution in [0.5, 0.6) is 11.5 Å². The minimum Gasteiger partial charge on any atom is -0.497 e. The normalized spacial score (nSPS) is 10.2. The SMILES string of the molecule is COc1cccc(NC(=O)COc2ccc(C(=O)OCc3cccc(F)c3)cc2)c1. The molecule has 0 saturated carbocycles. The van der Waals surface area contributed by atoms with Crippen molar-refractivity contribution < 1.29 is 28.2 Å². The molecule has 3 aromatic rings. The van der Waals surface area contributed by atoms with Crippen LogP contribution in [0, 0.1) is 5.82 Å². The number of hydrogen-bond donors (Lipinski definition) is 1. The first-order chi connectivity index (χ1) is 14.5. The number of amides is 1. The van der Waals surface area contributed by atoms with Crippen molar-refractivity contribution in [2.24, 2.45) is 0 Å². The van der Waals surface area contributed by atoms with Gasteiger partial charge in [-0.15, -0.1) is 0 Å². The molecule has 0 fully saturated rings. The molecule has 3 aromatic carbocycles. The molecule has 0 aliphatic rings. The van der Waals surface area contributed by atoms with Gasteiger partial charge in [-0.3, -0.25) is 4.79 Å². The van der Waals surface area contributed by atoms with Crippen molar-refractivity contribution in [2.75, 3.05) is 19.0 Å². The second-order valence-corrected chi connectivity index (χ2v) is 6.30. The summed E-state index contributed by atoms with van der Waals surface area (Å²) in [4.78, 5) is 24.1. The van der Waals surface area contributed by atoms with E-state index in [2.05, 4.69) is 5.32 Å². The van der Waals surface area contributed by atoms with Gasteiger partial charge >= 0.3 is 5.97 Å². The summed E-state index contributed by atoms with van der Waals surface area (Å²) in [7, 11) is 1.55. The Morgan fingerprint density at radius 3 is 2.43 bits per heavy atom. The molecule has 0 aliphatic carbocycles. The van der Waals surface area contributed by atoms with Gasteiger partial charge in [-0.2, -0.15) is 0 Å². The van der Waals surface area contributed by atoms with Gasteiger partial charge in [0.05, 0.1) is 12.7 Å². The van der Waals surface area contributed by atoms with Gasteiger partial charge in [0.25, 0.3) is 5.91 Å². The molecule has 0 aliphatic heterocycles. The van der Waals surface area contributed by atoms with Crippen molar-refractivity contribution in [1.82, 2.24) is 0 Å². The number of nitrogens with one attached hydrogen (secondary N) is 1. The van der Waals surface area contributed by atoms with E-state index in [-0.39, 0.29) is 24.9 Å². The van der Waals surface area contributed by atoms with Crippen LogP contribution < -0.4 is 14.8 Å². The summed E-state index contributed by atoms with van der Waals surface area (Å²) < 4.78 is 28.9. The molecule has 30 heavy (non-hydrogen) atoms. The van der Waals surface area contributed by atoms with Crippen molar-refractivity contribution in [2.45, 2.75) is 6.61 Å². The summed E-state index contributed by atoms with van der Waals surface area (Å²) >= 11 is 0. The summed E-state index contributed by atoms with van der Waals surface area (Å²) in [6, 6.07) is 19.0. The molecule has 154 valence electrons. The van der Waals surface area contributed by atoms with E-state index >= 15 is 0 Å². The number of ether oxygens (including phenoxy) is 3. The van der Waals surface area contributed by atoms with Crippen molar-refractivity contribution in [3.05, 3.63) is 89.7 Å². The van der Waals surface area contributed by atoms with E-state index in [1.54, 1.807) is 55.6 Å². The van der Waals surface area contributed by atoms with E-state index in [0.29, 0.717) is 28.3 Å². The van der Waals surface area contributed by atoms with Crippen LogP contribution in [-0.4, -0.2) is 25.6 Å². The summed E-state index contributed by atoms with van der Waals surface area (Å²) in [6.07, 6.45) is 0. The van der Waals surface area contributed by atoms with Crippen LogP contribution in [0.2, 0.25) is 0 Å². The van der Waals surface area contributed by atoms with Gasteiger partial charge in [0.15, 0.2) is 6.61 Å². The molecule has 0 spiro atoms. The number of hydrogen-bond acceptors (Lipinski definition) is 5. The van der Waals surface area contributed by atoms with Crippen molar-refractivity contribution in [3.63, 3.8) is 0 Å². The van der Waals surface area contributed by atoms with Gasteiger partial charge in [0.2, 0.25) is 0 Å². The van der Waals surface area contributed by atoms with Crippen LogP contribution >= 0.6 is 0 Å². The van der Waals surface area contributed by atoms with E-state index in [4.69, 9.17) is 14.2 Å². The lowest BCUT2D eigenvalue weighted by Gasteiger charge is -2.09. The van der Waals surface area contributed by atoms with E-state index in [1.165, 1.54) is 24.3 Å². The maximum Gasteiger partial charge on any atom is 0.338 e. The highest BCUT2D eigenvalue weighted by atomic mass is 19.1.